The van der Waals surface area contributed by atoms with Crippen molar-refractivity contribution in [2.24, 2.45) is 0 Å². The van der Waals surface area contributed by atoms with E-state index in [9.17, 15) is 4.79 Å². The number of likely N-dealkylation sites (tertiary alicyclic amines) is 1. The van der Waals surface area contributed by atoms with Crippen molar-refractivity contribution < 1.29 is 9.53 Å². The number of ether oxygens (including phenoxy) is 1. The van der Waals surface area contributed by atoms with Gasteiger partial charge in [0.25, 0.3) is 0 Å². The van der Waals surface area contributed by atoms with Gasteiger partial charge in [0, 0.05) is 45.3 Å². The third-order valence-corrected chi connectivity index (χ3v) is 3.81. The van der Waals surface area contributed by atoms with Crippen molar-refractivity contribution in [2.75, 3.05) is 52.9 Å². The van der Waals surface area contributed by atoms with Crippen LogP contribution in [0.15, 0.2) is 0 Å². The summed E-state index contributed by atoms with van der Waals surface area (Å²) in [6.07, 6.45) is 2.36. The summed E-state index contributed by atoms with van der Waals surface area (Å²) in [7, 11) is 1.45. The number of hydrogen-bond acceptors (Lipinski definition) is 5. The van der Waals surface area contributed by atoms with E-state index in [0.29, 0.717) is 12.6 Å². The summed E-state index contributed by atoms with van der Waals surface area (Å²) in [5.41, 5.74) is 0. The lowest BCUT2D eigenvalue weighted by Crippen LogP contribution is -2.52. The molecule has 1 N–H and O–H groups in total. The second-order valence-corrected chi connectivity index (χ2v) is 4.87. The fourth-order valence-corrected chi connectivity index (χ4v) is 2.74. The van der Waals surface area contributed by atoms with E-state index >= 15 is 0 Å². The Morgan fingerprint density at radius 2 is 1.88 bits per heavy atom. The molecule has 0 aliphatic carbocycles. The van der Waals surface area contributed by atoms with Crippen LogP contribution in [0.25, 0.3) is 0 Å². The van der Waals surface area contributed by atoms with Crippen molar-refractivity contribution in [2.45, 2.75) is 18.9 Å². The number of piperazine rings is 1. The lowest BCUT2D eigenvalue weighted by Gasteiger charge is -2.40. The van der Waals surface area contributed by atoms with Gasteiger partial charge in [-0.1, -0.05) is 0 Å². The molecule has 0 aromatic carbocycles. The average Bonchev–Trinajstić information content (AvgIpc) is 2.40. The molecule has 98 valence electrons. The summed E-state index contributed by atoms with van der Waals surface area (Å²) in [5.74, 6) is -0.120. The second kappa shape index (κ2) is 6.33. The average molecular weight is 241 g/mol. The van der Waals surface area contributed by atoms with Gasteiger partial charge in [0.05, 0.1) is 13.7 Å². The molecule has 0 atom stereocenters. The lowest BCUT2D eigenvalue weighted by molar-refractivity contribution is -0.142. The summed E-state index contributed by atoms with van der Waals surface area (Å²) in [5, 5.41) is 3.38. The standard InChI is InChI=1S/C12H23N3O2/c1-17-12(16)10-14-6-2-11(3-7-14)15-8-4-13-5-9-15/h11,13H,2-10H2,1H3. The summed E-state index contributed by atoms with van der Waals surface area (Å²) in [4.78, 5) is 16.0. The van der Waals surface area contributed by atoms with Crippen molar-refractivity contribution >= 4 is 5.97 Å². The predicted molar refractivity (Wildman–Crippen MR) is 65.9 cm³/mol. The van der Waals surface area contributed by atoms with Crippen molar-refractivity contribution in [1.29, 1.82) is 0 Å². The summed E-state index contributed by atoms with van der Waals surface area (Å²) >= 11 is 0. The Bertz CT molecular complexity index is 246. The van der Waals surface area contributed by atoms with Gasteiger partial charge in [-0.25, -0.2) is 0 Å². The maximum atomic E-state index is 11.2. The Kier molecular flexibility index (Phi) is 4.76. The Labute approximate surface area is 103 Å². The molecule has 2 aliphatic rings. The van der Waals surface area contributed by atoms with E-state index in [-0.39, 0.29) is 5.97 Å². The van der Waals surface area contributed by atoms with E-state index in [0.717, 1.165) is 26.2 Å². The van der Waals surface area contributed by atoms with Crippen LogP contribution in [-0.2, 0) is 9.53 Å². The van der Waals surface area contributed by atoms with Crippen molar-refractivity contribution in [1.82, 2.24) is 15.1 Å². The molecule has 0 spiro atoms. The highest BCUT2D eigenvalue weighted by Crippen LogP contribution is 2.16. The number of hydrogen-bond donors (Lipinski definition) is 1. The largest absolute Gasteiger partial charge is 0.468 e. The van der Waals surface area contributed by atoms with E-state index in [4.69, 9.17) is 4.74 Å². The van der Waals surface area contributed by atoms with Gasteiger partial charge in [0.2, 0.25) is 0 Å². The maximum Gasteiger partial charge on any atom is 0.319 e. The third-order valence-electron chi connectivity index (χ3n) is 3.81. The van der Waals surface area contributed by atoms with Crippen LogP contribution in [0.5, 0.6) is 0 Å². The molecule has 2 fully saturated rings. The molecule has 0 amide bonds. The van der Waals surface area contributed by atoms with Crippen molar-refractivity contribution in [3.05, 3.63) is 0 Å². The fraction of sp³-hybridized carbons (Fsp3) is 0.917. The molecular formula is C12H23N3O2. The molecule has 2 rings (SSSR count). The van der Waals surface area contributed by atoms with Gasteiger partial charge in [-0.3, -0.25) is 14.6 Å². The van der Waals surface area contributed by atoms with Crippen LogP contribution in [0.4, 0.5) is 0 Å². The van der Waals surface area contributed by atoms with Crippen LogP contribution in [0.1, 0.15) is 12.8 Å². The second-order valence-electron chi connectivity index (χ2n) is 4.87. The SMILES string of the molecule is COC(=O)CN1CCC(N2CCNCC2)CC1. The quantitative estimate of drug-likeness (QED) is 0.677. The molecule has 0 bridgehead atoms. The highest BCUT2D eigenvalue weighted by atomic mass is 16.5. The Hall–Kier alpha value is -0.650. The van der Waals surface area contributed by atoms with Gasteiger partial charge in [-0.15, -0.1) is 0 Å². The minimum absolute atomic E-state index is 0.120. The molecule has 0 aromatic rings. The van der Waals surface area contributed by atoms with Crippen LogP contribution < -0.4 is 5.32 Å². The van der Waals surface area contributed by atoms with E-state index in [1.165, 1.54) is 33.0 Å². The molecule has 2 aliphatic heterocycles. The van der Waals surface area contributed by atoms with E-state index in [2.05, 4.69) is 15.1 Å². The van der Waals surface area contributed by atoms with E-state index in [1.807, 2.05) is 0 Å². The monoisotopic (exact) mass is 241 g/mol. The number of nitrogens with one attached hydrogen (secondary N) is 1. The first-order valence-electron chi connectivity index (χ1n) is 6.53. The van der Waals surface area contributed by atoms with Crippen LogP contribution >= 0.6 is 0 Å². The molecule has 5 nitrogen and oxygen atoms in total. The molecule has 0 aromatic heterocycles. The first-order valence-corrected chi connectivity index (χ1v) is 6.53. The summed E-state index contributed by atoms with van der Waals surface area (Å²) in [6, 6.07) is 0.714. The Morgan fingerprint density at radius 3 is 2.47 bits per heavy atom. The molecule has 17 heavy (non-hydrogen) atoms. The summed E-state index contributed by atoms with van der Waals surface area (Å²) < 4.78 is 4.70. The smallest absolute Gasteiger partial charge is 0.319 e. The number of rotatable bonds is 3. The number of piperidine rings is 1. The first-order chi connectivity index (χ1) is 8.29. The molecule has 0 radical (unpaired) electrons. The zero-order chi connectivity index (χ0) is 12.1. The number of esters is 1. The van der Waals surface area contributed by atoms with Crippen LogP contribution in [-0.4, -0.2) is 74.7 Å². The number of carbonyl (C=O) groups excluding carboxylic acids is 1. The highest BCUT2D eigenvalue weighted by molar-refractivity contribution is 5.71. The summed E-state index contributed by atoms with van der Waals surface area (Å²) in [6.45, 7) is 7.05. The lowest BCUT2D eigenvalue weighted by atomic mass is 10.0. The molecule has 0 saturated carbocycles. The van der Waals surface area contributed by atoms with E-state index < -0.39 is 0 Å². The number of nitrogens with zero attached hydrogens (tertiary/aromatic N) is 2. The minimum atomic E-state index is -0.120. The van der Waals surface area contributed by atoms with Crippen LogP contribution in [0, 0.1) is 0 Å². The predicted octanol–water partition coefficient (Wildman–Crippen LogP) is -0.471. The minimum Gasteiger partial charge on any atom is -0.468 e. The van der Waals surface area contributed by atoms with Gasteiger partial charge in [0.1, 0.15) is 0 Å². The Balaban J connectivity index is 1.71. The normalized spacial score (nSPS) is 24.8. The first kappa shape index (κ1) is 12.8. The third kappa shape index (κ3) is 3.66. The van der Waals surface area contributed by atoms with Crippen LogP contribution in [0.3, 0.4) is 0 Å². The van der Waals surface area contributed by atoms with Gasteiger partial charge in [-0.2, -0.15) is 0 Å². The van der Waals surface area contributed by atoms with Gasteiger partial charge in [0.15, 0.2) is 0 Å². The van der Waals surface area contributed by atoms with Gasteiger partial charge < -0.3 is 10.1 Å². The number of methoxy groups -OCH3 is 1. The highest BCUT2D eigenvalue weighted by Gasteiger charge is 2.26. The van der Waals surface area contributed by atoms with Gasteiger partial charge in [-0.05, 0) is 12.8 Å². The zero-order valence-electron chi connectivity index (χ0n) is 10.7. The van der Waals surface area contributed by atoms with Gasteiger partial charge >= 0.3 is 5.97 Å². The molecular weight excluding hydrogens is 218 g/mol. The maximum absolute atomic E-state index is 11.2. The van der Waals surface area contributed by atoms with Crippen LogP contribution in [0.2, 0.25) is 0 Å². The molecule has 2 heterocycles. The number of carbonyl (C=O) groups is 1. The van der Waals surface area contributed by atoms with Crippen molar-refractivity contribution in [3.8, 4) is 0 Å². The molecule has 0 unspecified atom stereocenters. The molecule has 2 saturated heterocycles. The fourth-order valence-electron chi connectivity index (χ4n) is 2.74. The topological polar surface area (TPSA) is 44.8 Å². The Morgan fingerprint density at radius 1 is 1.24 bits per heavy atom. The molecule has 5 heteroatoms. The van der Waals surface area contributed by atoms with E-state index in [1.54, 1.807) is 0 Å². The zero-order valence-corrected chi connectivity index (χ0v) is 10.7. The van der Waals surface area contributed by atoms with Crippen molar-refractivity contribution in [3.63, 3.8) is 0 Å².